The van der Waals surface area contributed by atoms with Crippen molar-refractivity contribution in [2.45, 2.75) is 83.0 Å². The van der Waals surface area contributed by atoms with Gasteiger partial charge in [-0.2, -0.15) is 0 Å². The second-order valence-electron chi connectivity index (χ2n) is 13.1. The molecule has 3 aliphatic rings. The summed E-state index contributed by atoms with van der Waals surface area (Å²) in [6.45, 7) is 9.99. The van der Waals surface area contributed by atoms with Gasteiger partial charge in [0.2, 0.25) is 5.78 Å². The number of aromatic hydroxyl groups is 1. The number of nitrogens with two attached hydrogens (primary N) is 1. The molecule has 41 heavy (non-hydrogen) atoms. The Bertz CT molecular complexity index is 1370. The first-order chi connectivity index (χ1) is 18.9. The van der Waals surface area contributed by atoms with Crippen LogP contribution in [0.2, 0.25) is 0 Å². The Hall–Kier alpha value is -3.21. The number of rotatable bonds is 7. The van der Waals surface area contributed by atoms with E-state index in [9.17, 15) is 39.9 Å². The average Bonchev–Trinajstić information content (AvgIpc) is 2.85. The summed E-state index contributed by atoms with van der Waals surface area (Å²) in [6.07, 6.45) is 1.09. The Morgan fingerprint density at radius 2 is 1.76 bits per heavy atom. The minimum atomic E-state index is -2.92. The lowest BCUT2D eigenvalue weighted by molar-refractivity contribution is -0.169. The fraction of sp³-hybridized carbons (Fsp3) is 0.581. The minimum absolute atomic E-state index is 0.0235. The molecule has 224 valence electrons. The second-order valence-corrected chi connectivity index (χ2v) is 13.1. The molecule has 1 unspecified atom stereocenters. The van der Waals surface area contributed by atoms with Crippen molar-refractivity contribution in [1.82, 2.24) is 4.90 Å². The zero-order valence-electron chi connectivity index (χ0n) is 24.7. The summed E-state index contributed by atoms with van der Waals surface area (Å²) in [4.78, 5) is 40.9. The van der Waals surface area contributed by atoms with Crippen molar-refractivity contribution >= 4 is 23.2 Å². The van der Waals surface area contributed by atoms with Crippen LogP contribution < -0.4 is 5.73 Å². The molecule has 0 saturated heterocycles. The fourth-order valence-electron chi connectivity index (χ4n) is 7.25. The number of hydrogen-bond donors (Lipinski definition) is 6. The highest BCUT2D eigenvalue weighted by molar-refractivity contribution is 6.24. The third kappa shape index (κ3) is 4.38. The van der Waals surface area contributed by atoms with Crippen LogP contribution in [0.25, 0.3) is 5.76 Å². The van der Waals surface area contributed by atoms with Crippen LogP contribution in [0.3, 0.4) is 0 Å². The summed E-state index contributed by atoms with van der Waals surface area (Å²) in [6, 6.07) is 2.19. The van der Waals surface area contributed by atoms with Crippen molar-refractivity contribution in [3.8, 4) is 5.75 Å². The Morgan fingerprint density at radius 3 is 2.29 bits per heavy atom. The van der Waals surface area contributed by atoms with Crippen LogP contribution in [0.5, 0.6) is 5.75 Å². The van der Waals surface area contributed by atoms with Gasteiger partial charge in [0.25, 0.3) is 5.91 Å². The van der Waals surface area contributed by atoms with Crippen LogP contribution >= 0.6 is 0 Å². The smallest absolute Gasteiger partial charge is 0.255 e. The van der Waals surface area contributed by atoms with Crippen molar-refractivity contribution in [3.63, 3.8) is 0 Å². The molecule has 10 heteroatoms. The van der Waals surface area contributed by atoms with Crippen molar-refractivity contribution in [1.29, 1.82) is 0 Å². The van der Waals surface area contributed by atoms with Crippen molar-refractivity contribution in [3.05, 3.63) is 45.7 Å². The summed E-state index contributed by atoms with van der Waals surface area (Å²) in [5.41, 5.74) is 1.75. The maximum atomic E-state index is 14.1. The molecule has 1 amide bonds. The Labute approximate surface area is 240 Å². The number of fused-ring (bicyclic) bond motifs is 3. The number of primary amides is 1. The summed E-state index contributed by atoms with van der Waals surface area (Å²) in [5, 5.41) is 57.7. The molecule has 1 fully saturated rings. The van der Waals surface area contributed by atoms with Gasteiger partial charge in [0.15, 0.2) is 11.4 Å². The number of phenols is 1. The first-order valence-corrected chi connectivity index (χ1v) is 14.1. The molecule has 0 heterocycles. The van der Waals surface area contributed by atoms with Crippen molar-refractivity contribution in [2.75, 3.05) is 14.1 Å². The monoisotopic (exact) mass is 570 g/mol. The van der Waals surface area contributed by atoms with Crippen LogP contribution in [0, 0.1) is 17.8 Å². The molecule has 0 spiro atoms. The highest BCUT2D eigenvalue weighted by Crippen LogP contribution is 2.57. The van der Waals surface area contributed by atoms with Gasteiger partial charge in [-0.15, -0.1) is 0 Å². The number of carbonyl (C=O) groups is 3. The predicted molar refractivity (Wildman–Crippen MR) is 152 cm³/mol. The van der Waals surface area contributed by atoms with Gasteiger partial charge in [-0.05, 0) is 43.3 Å². The standard InChI is InChI=1S/C31H42N2O8/c1-13(2)9-8-12-30(4,5)16-11-10-15-14(3)17-19(24(35)18(15)23(16)34)27(38)31(41)21(25(17)36)22(33(6)7)26(37)20(28(31)39)29(32)40/h10-11,13-14,17,21-22,25,34-36,39,41H,8-9,12H2,1-7H3,(H2,32,40)/t14-,17+,21+,22?,25-,31-/m0/s1. The largest absolute Gasteiger partial charge is 0.508 e. The van der Waals surface area contributed by atoms with E-state index in [-0.39, 0.29) is 16.9 Å². The SMILES string of the molecule is CC(C)CCCC(C)(C)c1ccc2c(c1O)C(O)=C1C(=O)[C@]3(O)C(O)=C(C(N)=O)C(=O)C(N(C)C)[C@@H]3[C@@H](O)[C@@H]1[C@H]2C. The third-order valence-electron chi connectivity index (χ3n) is 9.44. The molecule has 3 aliphatic carbocycles. The van der Waals surface area contributed by atoms with Gasteiger partial charge >= 0.3 is 0 Å². The Balaban J connectivity index is 1.94. The summed E-state index contributed by atoms with van der Waals surface area (Å²) >= 11 is 0. The van der Waals surface area contributed by atoms with Gasteiger partial charge in [0, 0.05) is 17.1 Å². The molecule has 4 rings (SSSR count). The number of phenolic OH excluding ortho intramolecular Hbond substituents is 1. The predicted octanol–water partition coefficient (Wildman–Crippen LogP) is 2.60. The van der Waals surface area contributed by atoms with E-state index in [4.69, 9.17) is 5.73 Å². The van der Waals surface area contributed by atoms with Crippen LogP contribution in [0.15, 0.2) is 29.0 Å². The number of amides is 1. The lowest BCUT2D eigenvalue weighted by Crippen LogP contribution is -2.70. The van der Waals surface area contributed by atoms with E-state index in [1.54, 1.807) is 19.1 Å². The molecule has 6 atom stereocenters. The van der Waals surface area contributed by atoms with E-state index in [0.29, 0.717) is 17.0 Å². The van der Waals surface area contributed by atoms with Gasteiger partial charge in [-0.1, -0.05) is 59.6 Å². The summed E-state index contributed by atoms with van der Waals surface area (Å²) in [7, 11) is 2.96. The number of likely N-dealkylation sites (N-methyl/N-ethyl adjacent to an activating group) is 1. The summed E-state index contributed by atoms with van der Waals surface area (Å²) in [5.74, 6) is -8.26. The molecule has 1 saturated carbocycles. The zero-order chi connectivity index (χ0) is 30.9. The molecule has 0 radical (unpaired) electrons. The van der Waals surface area contributed by atoms with Gasteiger partial charge in [-0.25, -0.2) is 0 Å². The van der Waals surface area contributed by atoms with Crippen LogP contribution in [-0.4, -0.2) is 79.7 Å². The molecule has 1 aromatic rings. The third-order valence-corrected chi connectivity index (χ3v) is 9.44. The molecule has 10 nitrogen and oxygen atoms in total. The summed E-state index contributed by atoms with van der Waals surface area (Å²) < 4.78 is 0. The van der Waals surface area contributed by atoms with Crippen LogP contribution in [-0.2, 0) is 19.8 Å². The topological polar surface area (TPSA) is 182 Å². The molecule has 0 bridgehead atoms. The van der Waals surface area contributed by atoms with Gasteiger partial charge in [0.1, 0.15) is 22.8 Å². The van der Waals surface area contributed by atoms with Gasteiger partial charge in [-0.3, -0.25) is 19.3 Å². The van der Waals surface area contributed by atoms with E-state index in [2.05, 4.69) is 13.8 Å². The molecule has 0 aliphatic heterocycles. The van der Waals surface area contributed by atoms with Crippen LogP contribution in [0.1, 0.15) is 76.5 Å². The number of Topliss-reactive ketones (excluding diaryl/α,β-unsaturated/α-hetero) is 2. The highest BCUT2D eigenvalue weighted by atomic mass is 16.4. The first-order valence-electron chi connectivity index (χ1n) is 14.1. The number of nitrogens with zero attached hydrogens (tertiary/aromatic N) is 1. The van der Waals surface area contributed by atoms with E-state index in [1.165, 1.54) is 19.0 Å². The second kappa shape index (κ2) is 10.3. The molecular formula is C31H42N2O8. The zero-order valence-corrected chi connectivity index (χ0v) is 24.7. The van der Waals surface area contributed by atoms with Crippen molar-refractivity contribution in [2.24, 2.45) is 23.5 Å². The van der Waals surface area contributed by atoms with Crippen LogP contribution in [0.4, 0.5) is 0 Å². The number of aliphatic hydroxyl groups is 4. The number of ketones is 2. The fourth-order valence-corrected chi connectivity index (χ4v) is 7.25. The maximum absolute atomic E-state index is 14.1. The van der Waals surface area contributed by atoms with Crippen molar-refractivity contribution < 1.29 is 39.9 Å². The average molecular weight is 571 g/mol. The minimum Gasteiger partial charge on any atom is -0.508 e. The quantitative estimate of drug-likeness (QED) is 0.268. The molecule has 0 aromatic heterocycles. The van der Waals surface area contributed by atoms with E-state index in [0.717, 1.165) is 19.3 Å². The number of hydrogen-bond acceptors (Lipinski definition) is 9. The first kappa shape index (κ1) is 30.7. The maximum Gasteiger partial charge on any atom is 0.255 e. The van der Waals surface area contributed by atoms with E-state index >= 15 is 0 Å². The number of carbonyl (C=O) groups excluding carboxylic acids is 3. The lowest BCUT2D eigenvalue weighted by Gasteiger charge is -2.53. The number of benzene rings is 1. The van der Waals surface area contributed by atoms with Gasteiger partial charge in [0.05, 0.1) is 23.6 Å². The molecular weight excluding hydrogens is 528 g/mol. The van der Waals surface area contributed by atoms with Gasteiger partial charge < -0.3 is 31.3 Å². The Kier molecular flexibility index (Phi) is 7.69. The highest BCUT2D eigenvalue weighted by Gasteiger charge is 2.68. The lowest BCUT2D eigenvalue weighted by atomic mass is 9.54. The number of aliphatic hydroxyl groups excluding tert-OH is 3. The van der Waals surface area contributed by atoms with E-state index < -0.39 is 75.5 Å². The molecule has 1 aromatic carbocycles. The normalized spacial score (nSPS) is 30.1. The Morgan fingerprint density at radius 1 is 1.15 bits per heavy atom. The van der Waals surface area contributed by atoms with E-state index in [1.807, 2.05) is 13.8 Å². The molecule has 7 N–H and O–H groups in total.